The molecule has 4 nitrogen and oxygen atoms in total. The molecule has 2 amide bonds. The number of carbonyl (C=O) groups is 1. The van der Waals surface area contributed by atoms with E-state index >= 15 is 0 Å². The van der Waals surface area contributed by atoms with Crippen molar-refractivity contribution in [2.75, 3.05) is 23.9 Å². The fourth-order valence-electron chi connectivity index (χ4n) is 2.45. The normalized spacial score (nSPS) is 16.1. The number of nitrogens with one attached hydrogen (secondary N) is 1. The Hall–Kier alpha value is -2.45. The van der Waals surface area contributed by atoms with Crippen LogP contribution in [-0.4, -0.2) is 40.5 Å². The van der Waals surface area contributed by atoms with Crippen LogP contribution in [0.1, 0.15) is 17.7 Å². The van der Waals surface area contributed by atoms with Gasteiger partial charge in [-0.3, -0.25) is 0 Å². The number of hydrogen-bond donors (Lipinski definition) is 1. The minimum Gasteiger partial charge on any atom is -0.324 e. The molecule has 0 radical (unpaired) electrons. The van der Waals surface area contributed by atoms with Gasteiger partial charge in [0.2, 0.25) is 0 Å². The lowest BCUT2D eigenvalue weighted by Gasteiger charge is -2.24. The van der Waals surface area contributed by atoms with Crippen molar-refractivity contribution in [3.8, 4) is 11.8 Å². The summed E-state index contributed by atoms with van der Waals surface area (Å²) >= 11 is 1.90. The van der Waals surface area contributed by atoms with Gasteiger partial charge in [0.15, 0.2) is 0 Å². The maximum absolute atomic E-state index is 12.3. The molecule has 5 heteroatoms. The van der Waals surface area contributed by atoms with E-state index in [1.54, 1.807) is 11.1 Å². The Kier molecular flexibility index (Phi) is 5.39. The van der Waals surface area contributed by atoms with E-state index in [0.29, 0.717) is 6.04 Å². The molecule has 0 unspecified atom stereocenters. The number of rotatable bonds is 2. The van der Waals surface area contributed by atoms with Crippen LogP contribution in [0.25, 0.3) is 0 Å². The van der Waals surface area contributed by atoms with Gasteiger partial charge in [-0.1, -0.05) is 18.1 Å². The second-order valence-electron chi connectivity index (χ2n) is 5.60. The van der Waals surface area contributed by atoms with Crippen molar-refractivity contribution >= 4 is 23.5 Å². The molecule has 1 N–H and O–H groups in total. The number of nitrogens with zero attached hydrogens (tertiary/aromatic N) is 2. The first-order valence-electron chi connectivity index (χ1n) is 7.87. The number of benzene rings is 1. The average Bonchev–Trinajstić information content (AvgIpc) is 3.15. The number of anilines is 1. The lowest BCUT2D eigenvalue weighted by molar-refractivity contribution is 0.209. The summed E-state index contributed by atoms with van der Waals surface area (Å²) in [6, 6.07) is 13.5. The van der Waals surface area contributed by atoms with Crippen LogP contribution in [-0.2, 0) is 0 Å². The average molecular weight is 337 g/mol. The molecule has 122 valence electrons. The number of hydrogen-bond acceptors (Lipinski definition) is 3. The molecule has 3 rings (SSSR count). The zero-order valence-corrected chi connectivity index (χ0v) is 14.3. The van der Waals surface area contributed by atoms with E-state index in [1.807, 2.05) is 61.3 Å². The van der Waals surface area contributed by atoms with Gasteiger partial charge in [0.1, 0.15) is 5.69 Å². The van der Waals surface area contributed by atoms with Gasteiger partial charge in [0.05, 0.1) is 0 Å². The molecule has 1 aromatic heterocycles. The third-order valence-corrected chi connectivity index (χ3v) is 5.03. The second kappa shape index (κ2) is 7.89. The van der Waals surface area contributed by atoms with Crippen molar-refractivity contribution in [3.05, 3.63) is 59.9 Å². The highest BCUT2D eigenvalue weighted by Gasteiger charge is 2.23. The number of thioether (sulfide) groups is 1. The van der Waals surface area contributed by atoms with E-state index in [0.717, 1.165) is 34.9 Å². The van der Waals surface area contributed by atoms with E-state index in [2.05, 4.69) is 22.1 Å². The lowest BCUT2D eigenvalue weighted by atomic mass is 10.2. The second-order valence-corrected chi connectivity index (χ2v) is 6.75. The van der Waals surface area contributed by atoms with Gasteiger partial charge in [0, 0.05) is 36.3 Å². The van der Waals surface area contributed by atoms with Gasteiger partial charge in [-0.2, -0.15) is 11.8 Å². The molecule has 1 fully saturated rings. The Balaban J connectivity index is 1.67. The van der Waals surface area contributed by atoms with Crippen molar-refractivity contribution in [2.45, 2.75) is 12.5 Å². The van der Waals surface area contributed by atoms with Gasteiger partial charge >= 0.3 is 6.03 Å². The smallest absolute Gasteiger partial charge is 0.321 e. The first kappa shape index (κ1) is 16.4. The highest BCUT2D eigenvalue weighted by molar-refractivity contribution is 7.99. The molecule has 0 bridgehead atoms. The number of urea groups is 1. The van der Waals surface area contributed by atoms with Gasteiger partial charge in [-0.15, -0.1) is 0 Å². The van der Waals surface area contributed by atoms with Crippen LogP contribution < -0.4 is 5.32 Å². The van der Waals surface area contributed by atoms with Crippen LogP contribution in [0.4, 0.5) is 10.5 Å². The van der Waals surface area contributed by atoms with Crippen molar-refractivity contribution in [3.63, 3.8) is 0 Å². The maximum atomic E-state index is 12.3. The number of aromatic nitrogens is 1. The number of pyridine rings is 1. The third kappa shape index (κ3) is 4.30. The van der Waals surface area contributed by atoms with Crippen molar-refractivity contribution in [2.24, 2.45) is 0 Å². The minimum absolute atomic E-state index is 0.0719. The zero-order chi connectivity index (χ0) is 16.8. The number of amides is 2. The molecule has 1 aromatic carbocycles. The maximum Gasteiger partial charge on any atom is 0.321 e. The summed E-state index contributed by atoms with van der Waals surface area (Å²) in [5, 5.41) is 2.95. The highest BCUT2D eigenvalue weighted by Crippen LogP contribution is 2.22. The summed E-state index contributed by atoms with van der Waals surface area (Å²) in [6.45, 7) is 0. The monoisotopic (exact) mass is 337 g/mol. The molecule has 0 saturated carbocycles. The Morgan fingerprint density at radius 1 is 1.29 bits per heavy atom. The molecular weight excluding hydrogens is 318 g/mol. The van der Waals surface area contributed by atoms with Gasteiger partial charge in [-0.05, 0) is 48.4 Å². The molecule has 2 aromatic rings. The molecule has 1 aliphatic rings. The Bertz CT molecular complexity index is 761. The SMILES string of the molecule is CN(C(=O)Nc1cccc(C#Cc2ccccn2)c1)[C@H]1CCSC1. The van der Waals surface area contributed by atoms with E-state index in [1.165, 1.54) is 0 Å². The van der Waals surface area contributed by atoms with Crippen LogP contribution in [0.5, 0.6) is 0 Å². The van der Waals surface area contributed by atoms with Crippen molar-refractivity contribution in [1.29, 1.82) is 0 Å². The molecule has 24 heavy (non-hydrogen) atoms. The highest BCUT2D eigenvalue weighted by atomic mass is 32.2. The largest absolute Gasteiger partial charge is 0.324 e. The number of carbonyl (C=O) groups excluding carboxylic acids is 1. The van der Waals surface area contributed by atoms with E-state index in [-0.39, 0.29) is 6.03 Å². The van der Waals surface area contributed by atoms with Crippen LogP contribution in [0.15, 0.2) is 48.7 Å². The quantitative estimate of drug-likeness (QED) is 0.854. The minimum atomic E-state index is -0.0719. The predicted molar refractivity (Wildman–Crippen MR) is 99.2 cm³/mol. The standard InChI is InChI=1S/C19H19N3OS/c1-22(18-10-12-24-14-18)19(23)21-17-7-4-5-15(13-17)8-9-16-6-2-3-11-20-16/h2-7,11,13,18H,10,12,14H2,1H3,(H,21,23)/t18-/m0/s1. The summed E-state index contributed by atoms with van der Waals surface area (Å²) in [6.07, 6.45) is 2.78. The van der Waals surface area contributed by atoms with E-state index < -0.39 is 0 Å². The molecule has 0 aliphatic carbocycles. The Labute approximate surface area is 146 Å². The van der Waals surface area contributed by atoms with E-state index in [9.17, 15) is 4.79 Å². The Morgan fingerprint density at radius 3 is 2.96 bits per heavy atom. The summed E-state index contributed by atoms with van der Waals surface area (Å²) in [7, 11) is 1.86. The Morgan fingerprint density at radius 2 is 2.21 bits per heavy atom. The predicted octanol–water partition coefficient (Wildman–Crippen LogP) is 3.45. The van der Waals surface area contributed by atoms with E-state index in [4.69, 9.17) is 0 Å². The molecular formula is C19H19N3OS. The fourth-order valence-corrected chi connectivity index (χ4v) is 3.72. The molecule has 1 aliphatic heterocycles. The summed E-state index contributed by atoms with van der Waals surface area (Å²) < 4.78 is 0. The van der Waals surface area contributed by atoms with Crippen molar-refractivity contribution < 1.29 is 4.79 Å². The van der Waals surface area contributed by atoms with Crippen LogP contribution in [0.3, 0.4) is 0 Å². The first-order chi connectivity index (χ1) is 11.7. The first-order valence-corrected chi connectivity index (χ1v) is 9.02. The summed E-state index contributed by atoms with van der Waals surface area (Å²) in [5.74, 6) is 8.24. The van der Waals surface area contributed by atoms with Gasteiger partial charge in [-0.25, -0.2) is 9.78 Å². The lowest BCUT2D eigenvalue weighted by Crippen LogP contribution is -2.39. The fraction of sp³-hybridized carbons (Fsp3) is 0.263. The van der Waals surface area contributed by atoms with Crippen LogP contribution in [0.2, 0.25) is 0 Å². The van der Waals surface area contributed by atoms with Gasteiger partial charge < -0.3 is 10.2 Å². The summed E-state index contributed by atoms with van der Waals surface area (Å²) in [5.41, 5.74) is 2.33. The van der Waals surface area contributed by atoms with Crippen molar-refractivity contribution in [1.82, 2.24) is 9.88 Å². The molecule has 1 saturated heterocycles. The third-order valence-electron chi connectivity index (χ3n) is 3.89. The molecule has 2 heterocycles. The van der Waals surface area contributed by atoms with Crippen LogP contribution in [0, 0.1) is 11.8 Å². The molecule has 1 atom stereocenters. The zero-order valence-electron chi connectivity index (χ0n) is 13.5. The topological polar surface area (TPSA) is 45.2 Å². The summed E-state index contributed by atoms with van der Waals surface area (Å²) in [4.78, 5) is 18.3. The van der Waals surface area contributed by atoms with Gasteiger partial charge in [0.25, 0.3) is 0 Å². The molecule has 0 spiro atoms. The van der Waals surface area contributed by atoms with Crippen LogP contribution >= 0.6 is 11.8 Å².